The second kappa shape index (κ2) is 10.7. The fraction of sp³-hybridized carbons (Fsp3) is 0.294. The van der Waals surface area contributed by atoms with Gasteiger partial charge in [-0.25, -0.2) is 0 Å². The van der Waals surface area contributed by atoms with Gasteiger partial charge in [-0.1, -0.05) is 170 Å². The van der Waals surface area contributed by atoms with Crippen LogP contribution in [0.25, 0.3) is 0 Å². The van der Waals surface area contributed by atoms with Crippen molar-refractivity contribution in [3.05, 3.63) is 178 Å². The van der Waals surface area contributed by atoms with Crippen LogP contribution < -0.4 is 21.3 Å². The van der Waals surface area contributed by atoms with Gasteiger partial charge in [-0.3, -0.25) is 0 Å². The summed E-state index contributed by atoms with van der Waals surface area (Å²) in [7, 11) is 0. The van der Waals surface area contributed by atoms with E-state index >= 15 is 0 Å². The van der Waals surface area contributed by atoms with E-state index in [1.165, 1.54) is 78.0 Å². The molecule has 6 aromatic carbocycles. The molecule has 0 unspecified atom stereocenters. The van der Waals surface area contributed by atoms with Crippen LogP contribution in [0.1, 0.15) is 113 Å². The second-order valence-electron chi connectivity index (χ2n) is 19.2. The molecule has 0 atom stereocenters. The van der Waals surface area contributed by atoms with E-state index in [-0.39, 0.29) is 28.4 Å². The normalized spacial score (nSPS) is 19.8. The molecule has 0 fully saturated rings. The maximum Gasteiger partial charge on any atom is 0.247 e. The topological polar surface area (TPSA) is 3.24 Å². The number of hydrogen-bond acceptors (Lipinski definition) is 1. The van der Waals surface area contributed by atoms with E-state index in [0.29, 0.717) is 0 Å². The lowest BCUT2D eigenvalue weighted by Gasteiger charge is -2.48. The van der Waals surface area contributed by atoms with Crippen molar-refractivity contribution in [2.24, 2.45) is 0 Å². The minimum absolute atomic E-state index is 0.0891. The first-order valence-corrected chi connectivity index (χ1v) is 19.7. The van der Waals surface area contributed by atoms with E-state index in [1.54, 1.807) is 0 Å². The highest BCUT2D eigenvalue weighted by molar-refractivity contribution is 6.99. The van der Waals surface area contributed by atoms with E-state index in [1.807, 2.05) is 0 Å². The van der Waals surface area contributed by atoms with E-state index < -0.39 is 5.41 Å². The fourth-order valence-electron chi connectivity index (χ4n) is 12.2. The van der Waals surface area contributed by atoms with Gasteiger partial charge in [0.25, 0.3) is 0 Å². The lowest BCUT2D eigenvalue weighted by atomic mass is 9.29. The predicted molar refractivity (Wildman–Crippen MR) is 225 cm³/mol. The van der Waals surface area contributed by atoms with Gasteiger partial charge in [0.1, 0.15) is 0 Å². The predicted octanol–water partition coefficient (Wildman–Crippen LogP) is 10.6. The largest absolute Gasteiger partial charge is 0.311 e. The van der Waals surface area contributed by atoms with Gasteiger partial charge >= 0.3 is 0 Å². The van der Waals surface area contributed by atoms with Crippen LogP contribution >= 0.6 is 0 Å². The molecule has 0 aromatic heterocycles. The molecule has 10 rings (SSSR count). The Balaban J connectivity index is 1.35. The Hall–Kier alpha value is -4.82. The molecule has 53 heavy (non-hydrogen) atoms. The molecule has 6 aromatic rings. The van der Waals surface area contributed by atoms with Crippen LogP contribution in [-0.4, -0.2) is 6.71 Å². The van der Waals surface area contributed by atoms with Crippen LogP contribution in [0.2, 0.25) is 0 Å². The van der Waals surface area contributed by atoms with Crippen molar-refractivity contribution in [1.29, 1.82) is 0 Å². The molecule has 1 nitrogen and oxygen atoms in total. The number of rotatable bonds is 3. The lowest BCUT2D eigenvalue weighted by molar-refractivity contribution is 0.403. The Morgan fingerprint density at radius 3 is 1.58 bits per heavy atom. The molecule has 0 N–H and O–H groups in total. The summed E-state index contributed by atoms with van der Waals surface area (Å²) in [5.74, 6) is 0. The van der Waals surface area contributed by atoms with Crippen LogP contribution in [0.4, 0.5) is 17.1 Å². The van der Waals surface area contributed by atoms with Crippen LogP contribution in [0.5, 0.6) is 0 Å². The van der Waals surface area contributed by atoms with Crippen molar-refractivity contribution < 1.29 is 0 Å². The molecule has 0 radical (unpaired) electrons. The summed E-state index contributed by atoms with van der Waals surface area (Å²) in [6.07, 6.45) is 2.30. The molecule has 2 heterocycles. The zero-order chi connectivity index (χ0) is 36.7. The average molecular weight is 688 g/mol. The van der Waals surface area contributed by atoms with Crippen LogP contribution in [0.3, 0.4) is 0 Å². The third kappa shape index (κ3) is 4.33. The fourth-order valence-corrected chi connectivity index (χ4v) is 12.2. The molecular formula is C51H50BN. The van der Waals surface area contributed by atoms with E-state index in [4.69, 9.17) is 0 Å². The number of benzene rings is 6. The molecule has 0 saturated heterocycles. The Kier molecular flexibility index (Phi) is 6.60. The minimum Gasteiger partial charge on any atom is -0.311 e. The highest BCUT2D eigenvalue weighted by Gasteiger charge is 2.53. The number of anilines is 3. The van der Waals surface area contributed by atoms with Gasteiger partial charge in [-0.2, -0.15) is 0 Å². The van der Waals surface area contributed by atoms with Gasteiger partial charge in [0.2, 0.25) is 6.71 Å². The zero-order valence-corrected chi connectivity index (χ0v) is 32.6. The van der Waals surface area contributed by atoms with Gasteiger partial charge in [0.05, 0.1) is 5.41 Å². The van der Waals surface area contributed by atoms with E-state index in [9.17, 15) is 0 Å². The SMILES string of the molecule is CC1(C)CC(C)(C)c2cc(N3c4cc5c(cc4B4c6ccccc6C(c6ccccc6)(c6ccccc6)c6cccc3c64)C(C)(C)CC5(C)C)ccc21. The first-order valence-electron chi connectivity index (χ1n) is 19.7. The maximum atomic E-state index is 2.66. The number of fused-ring (bicyclic) bond motifs is 6. The minimum atomic E-state index is -0.480. The van der Waals surface area contributed by atoms with Gasteiger partial charge in [0.15, 0.2) is 0 Å². The Labute approximate surface area is 317 Å². The third-order valence-corrected chi connectivity index (χ3v) is 13.8. The number of hydrogen-bond donors (Lipinski definition) is 0. The molecular weight excluding hydrogens is 637 g/mol. The summed E-state index contributed by atoms with van der Waals surface area (Å²) in [5, 5.41) is 0. The molecule has 0 spiro atoms. The highest BCUT2D eigenvalue weighted by atomic mass is 15.2. The third-order valence-electron chi connectivity index (χ3n) is 13.8. The summed E-state index contributed by atoms with van der Waals surface area (Å²) < 4.78 is 0. The standard InChI is InChI=1S/C51H50BN/c1-47(2)31-48(3,4)39-28-35(26-27-36(39)47)53-44-25-17-23-38-46(44)52(43-29-40-41(30-45(43)53)50(7,8)32-49(40,5)6)42-24-16-15-22-37(42)51(38,33-18-11-9-12-19-33)34-20-13-10-14-21-34/h9-30H,31-32H2,1-8H3. The Bertz CT molecular complexity index is 2430. The summed E-state index contributed by atoms with van der Waals surface area (Å²) in [5.41, 5.74) is 19.5. The zero-order valence-electron chi connectivity index (χ0n) is 32.6. The monoisotopic (exact) mass is 687 g/mol. The van der Waals surface area contributed by atoms with Gasteiger partial charge < -0.3 is 4.90 Å². The highest BCUT2D eigenvalue weighted by Crippen LogP contribution is 2.55. The first-order chi connectivity index (χ1) is 25.3. The van der Waals surface area contributed by atoms with Crippen molar-refractivity contribution >= 4 is 40.2 Å². The molecule has 0 bridgehead atoms. The average Bonchev–Trinajstić information content (AvgIpc) is 3.45. The van der Waals surface area contributed by atoms with Crippen molar-refractivity contribution in [1.82, 2.24) is 0 Å². The smallest absolute Gasteiger partial charge is 0.247 e. The maximum absolute atomic E-state index is 2.66. The molecule has 2 heteroatoms. The van der Waals surface area contributed by atoms with Crippen molar-refractivity contribution in [3.63, 3.8) is 0 Å². The van der Waals surface area contributed by atoms with Gasteiger partial charge in [-0.05, 0) is 114 Å². The van der Waals surface area contributed by atoms with Gasteiger partial charge in [0, 0.05) is 17.1 Å². The van der Waals surface area contributed by atoms with Crippen LogP contribution in [0, 0.1) is 0 Å². The molecule has 4 aliphatic rings. The van der Waals surface area contributed by atoms with Crippen molar-refractivity contribution in [2.75, 3.05) is 4.90 Å². The Morgan fingerprint density at radius 1 is 0.415 bits per heavy atom. The van der Waals surface area contributed by atoms with E-state index in [0.717, 1.165) is 12.8 Å². The lowest BCUT2D eigenvalue weighted by Crippen LogP contribution is -2.65. The van der Waals surface area contributed by atoms with Crippen LogP contribution in [0.15, 0.2) is 133 Å². The quantitative estimate of drug-likeness (QED) is 0.167. The van der Waals surface area contributed by atoms with Crippen LogP contribution in [-0.2, 0) is 27.1 Å². The summed E-state index contributed by atoms with van der Waals surface area (Å²) in [4.78, 5) is 2.66. The first kappa shape index (κ1) is 32.8. The van der Waals surface area contributed by atoms with Gasteiger partial charge in [-0.15, -0.1) is 0 Å². The summed E-state index contributed by atoms with van der Waals surface area (Å²) in [6.45, 7) is 19.7. The summed E-state index contributed by atoms with van der Waals surface area (Å²) in [6, 6.07) is 51.8. The molecule has 2 aliphatic heterocycles. The molecule has 262 valence electrons. The molecule has 0 saturated carbocycles. The number of nitrogens with zero attached hydrogens (tertiary/aromatic N) is 1. The van der Waals surface area contributed by atoms with E-state index in [2.05, 4.69) is 194 Å². The second-order valence-corrected chi connectivity index (χ2v) is 19.2. The summed E-state index contributed by atoms with van der Waals surface area (Å²) >= 11 is 0. The Morgan fingerprint density at radius 2 is 0.943 bits per heavy atom. The van der Waals surface area contributed by atoms with Crippen molar-refractivity contribution in [3.8, 4) is 0 Å². The molecule has 0 amide bonds. The van der Waals surface area contributed by atoms with Crippen molar-refractivity contribution in [2.45, 2.75) is 95.3 Å². The molecule has 2 aliphatic carbocycles.